The molecule has 2 aromatic rings. The predicted octanol–water partition coefficient (Wildman–Crippen LogP) is 3.25. The number of fused-ring (bicyclic) bond motifs is 1. The van der Waals surface area contributed by atoms with Crippen molar-refractivity contribution in [2.45, 2.75) is 32.8 Å². The highest BCUT2D eigenvalue weighted by Crippen LogP contribution is 2.28. The molecule has 0 aliphatic heterocycles. The molecule has 0 unspecified atom stereocenters. The summed E-state index contributed by atoms with van der Waals surface area (Å²) in [7, 11) is 3.67. The fourth-order valence-electron chi connectivity index (χ4n) is 2.49. The SMILES string of the molecule is COc1ccc2ccn(C)c2c1CCNC(=O)OC(C)(C)C. The topological polar surface area (TPSA) is 52.5 Å². The van der Waals surface area contributed by atoms with Gasteiger partial charge in [-0.1, -0.05) is 0 Å². The lowest BCUT2D eigenvalue weighted by molar-refractivity contribution is 0.0528. The van der Waals surface area contributed by atoms with Gasteiger partial charge in [-0.2, -0.15) is 0 Å². The van der Waals surface area contributed by atoms with Crippen molar-refractivity contribution in [3.05, 3.63) is 30.0 Å². The van der Waals surface area contributed by atoms with Crippen LogP contribution in [0.15, 0.2) is 24.4 Å². The summed E-state index contributed by atoms with van der Waals surface area (Å²) in [6.45, 7) is 6.04. The van der Waals surface area contributed by atoms with Gasteiger partial charge in [-0.15, -0.1) is 0 Å². The minimum atomic E-state index is -0.486. The van der Waals surface area contributed by atoms with Gasteiger partial charge in [0.25, 0.3) is 0 Å². The van der Waals surface area contributed by atoms with Crippen LogP contribution in [-0.4, -0.2) is 29.9 Å². The van der Waals surface area contributed by atoms with Gasteiger partial charge in [0.05, 0.1) is 12.6 Å². The van der Waals surface area contributed by atoms with Gasteiger partial charge in [-0.3, -0.25) is 0 Å². The van der Waals surface area contributed by atoms with Gasteiger partial charge in [0, 0.05) is 30.7 Å². The molecule has 0 saturated carbocycles. The molecule has 22 heavy (non-hydrogen) atoms. The van der Waals surface area contributed by atoms with Crippen LogP contribution in [0.2, 0.25) is 0 Å². The quantitative estimate of drug-likeness (QED) is 0.943. The lowest BCUT2D eigenvalue weighted by Gasteiger charge is -2.20. The van der Waals surface area contributed by atoms with Crippen LogP contribution in [0, 0.1) is 0 Å². The van der Waals surface area contributed by atoms with Gasteiger partial charge in [-0.25, -0.2) is 4.79 Å². The Balaban J connectivity index is 2.11. The molecule has 1 N–H and O–H groups in total. The molecule has 0 bridgehead atoms. The number of methoxy groups -OCH3 is 1. The highest BCUT2D eigenvalue weighted by Gasteiger charge is 2.16. The average Bonchev–Trinajstić information content (AvgIpc) is 2.79. The van der Waals surface area contributed by atoms with Gasteiger partial charge >= 0.3 is 6.09 Å². The Morgan fingerprint density at radius 1 is 1.27 bits per heavy atom. The molecule has 1 aromatic carbocycles. The zero-order valence-corrected chi connectivity index (χ0v) is 13.9. The number of amides is 1. The molecule has 0 radical (unpaired) electrons. The number of alkyl carbamates (subject to hydrolysis) is 1. The van der Waals surface area contributed by atoms with Crippen molar-refractivity contribution >= 4 is 17.0 Å². The molecule has 1 heterocycles. The van der Waals surface area contributed by atoms with Crippen LogP contribution in [0.4, 0.5) is 4.79 Å². The first kappa shape index (κ1) is 16.2. The Kier molecular flexibility index (Phi) is 4.64. The molecule has 0 fully saturated rings. The molecular weight excluding hydrogens is 280 g/mol. The van der Waals surface area contributed by atoms with Crippen LogP contribution in [-0.2, 0) is 18.2 Å². The van der Waals surface area contributed by atoms with E-state index in [0.717, 1.165) is 22.2 Å². The van der Waals surface area contributed by atoms with E-state index in [0.29, 0.717) is 13.0 Å². The minimum absolute atomic E-state index is 0.398. The molecule has 1 amide bonds. The second kappa shape index (κ2) is 6.30. The molecule has 5 heteroatoms. The van der Waals surface area contributed by atoms with Gasteiger partial charge in [0.1, 0.15) is 11.4 Å². The molecular formula is C17H24N2O3. The largest absolute Gasteiger partial charge is 0.496 e. The number of benzene rings is 1. The number of hydrogen-bond acceptors (Lipinski definition) is 3. The van der Waals surface area contributed by atoms with Crippen molar-refractivity contribution in [3.8, 4) is 5.75 Å². The first-order chi connectivity index (χ1) is 10.3. The van der Waals surface area contributed by atoms with E-state index in [1.54, 1.807) is 7.11 Å². The smallest absolute Gasteiger partial charge is 0.407 e. The van der Waals surface area contributed by atoms with E-state index in [2.05, 4.69) is 16.0 Å². The Morgan fingerprint density at radius 2 is 2.00 bits per heavy atom. The molecule has 0 aliphatic rings. The van der Waals surface area contributed by atoms with E-state index in [9.17, 15) is 4.79 Å². The zero-order valence-electron chi connectivity index (χ0n) is 13.9. The number of aromatic nitrogens is 1. The number of carbonyl (C=O) groups is 1. The van der Waals surface area contributed by atoms with E-state index < -0.39 is 11.7 Å². The third-order valence-electron chi connectivity index (χ3n) is 3.36. The van der Waals surface area contributed by atoms with Gasteiger partial charge < -0.3 is 19.4 Å². The molecule has 0 saturated heterocycles. The second-order valence-corrected chi connectivity index (χ2v) is 6.29. The van der Waals surface area contributed by atoms with Gasteiger partial charge in [0.2, 0.25) is 0 Å². The Morgan fingerprint density at radius 3 is 2.64 bits per heavy atom. The fraction of sp³-hybridized carbons (Fsp3) is 0.471. The number of nitrogens with one attached hydrogen (secondary N) is 1. The van der Waals surface area contributed by atoms with Crippen LogP contribution in [0.5, 0.6) is 5.75 Å². The monoisotopic (exact) mass is 304 g/mol. The molecule has 0 aliphatic carbocycles. The maximum Gasteiger partial charge on any atom is 0.407 e. The average molecular weight is 304 g/mol. The number of ether oxygens (including phenoxy) is 2. The van der Waals surface area contributed by atoms with Gasteiger partial charge in [-0.05, 0) is 45.4 Å². The van der Waals surface area contributed by atoms with Crippen LogP contribution < -0.4 is 10.1 Å². The van der Waals surface area contributed by atoms with E-state index in [4.69, 9.17) is 9.47 Å². The number of carbonyl (C=O) groups excluding carboxylic acids is 1. The second-order valence-electron chi connectivity index (χ2n) is 6.29. The van der Waals surface area contributed by atoms with Crippen LogP contribution >= 0.6 is 0 Å². The molecule has 5 nitrogen and oxygen atoms in total. The van der Waals surface area contributed by atoms with E-state index in [1.807, 2.05) is 46.1 Å². The third-order valence-corrected chi connectivity index (χ3v) is 3.36. The minimum Gasteiger partial charge on any atom is -0.496 e. The zero-order chi connectivity index (χ0) is 16.3. The summed E-state index contributed by atoms with van der Waals surface area (Å²) < 4.78 is 12.8. The first-order valence-electron chi connectivity index (χ1n) is 7.39. The predicted molar refractivity (Wildman–Crippen MR) is 87.4 cm³/mol. The van der Waals surface area contributed by atoms with Crippen molar-refractivity contribution in [2.75, 3.05) is 13.7 Å². The summed E-state index contributed by atoms with van der Waals surface area (Å²) in [4.78, 5) is 11.7. The summed E-state index contributed by atoms with van der Waals surface area (Å²) >= 11 is 0. The van der Waals surface area contributed by atoms with Crippen LogP contribution in [0.25, 0.3) is 10.9 Å². The highest BCUT2D eigenvalue weighted by atomic mass is 16.6. The van der Waals surface area contributed by atoms with Crippen molar-refractivity contribution in [2.24, 2.45) is 7.05 Å². The van der Waals surface area contributed by atoms with Crippen LogP contribution in [0.1, 0.15) is 26.3 Å². The molecule has 1 aromatic heterocycles. The molecule has 2 rings (SSSR count). The van der Waals surface area contributed by atoms with Crippen molar-refractivity contribution in [3.63, 3.8) is 0 Å². The number of rotatable bonds is 4. The Bertz CT molecular complexity index is 668. The number of aryl methyl sites for hydroxylation is 1. The highest BCUT2D eigenvalue weighted by molar-refractivity contribution is 5.85. The number of hydrogen-bond donors (Lipinski definition) is 1. The molecule has 0 atom stereocenters. The fourth-order valence-corrected chi connectivity index (χ4v) is 2.49. The molecule has 0 spiro atoms. The first-order valence-corrected chi connectivity index (χ1v) is 7.39. The van der Waals surface area contributed by atoms with Crippen molar-refractivity contribution in [1.82, 2.24) is 9.88 Å². The van der Waals surface area contributed by atoms with E-state index in [1.165, 1.54) is 0 Å². The van der Waals surface area contributed by atoms with E-state index in [-0.39, 0.29) is 0 Å². The molecule has 120 valence electrons. The third kappa shape index (κ3) is 3.72. The maximum atomic E-state index is 11.7. The summed E-state index contributed by atoms with van der Waals surface area (Å²) in [6, 6.07) is 6.07. The standard InChI is InChI=1S/C17H24N2O3/c1-17(2,3)22-16(20)18-10-8-13-14(21-5)7-6-12-9-11-19(4)15(12)13/h6-7,9,11H,8,10H2,1-5H3,(H,18,20). The maximum absolute atomic E-state index is 11.7. The summed E-state index contributed by atoms with van der Waals surface area (Å²) in [6.07, 6.45) is 2.30. The Labute approximate surface area is 131 Å². The van der Waals surface area contributed by atoms with Crippen LogP contribution in [0.3, 0.4) is 0 Å². The summed E-state index contributed by atoms with van der Waals surface area (Å²) in [5, 5.41) is 3.95. The summed E-state index contributed by atoms with van der Waals surface area (Å²) in [5.74, 6) is 0.834. The lowest BCUT2D eigenvalue weighted by Crippen LogP contribution is -2.33. The Hall–Kier alpha value is -2.17. The van der Waals surface area contributed by atoms with Crippen molar-refractivity contribution < 1.29 is 14.3 Å². The lowest BCUT2D eigenvalue weighted by atomic mass is 10.1. The van der Waals surface area contributed by atoms with Crippen molar-refractivity contribution in [1.29, 1.82) is 0 Å². The van der Waals surface area contributed by atoms with Gasteiger partial charge in [0.15, 0.2) is 0 Å². The number of nitrogens with zero attached hydrogens (tertiary/aromatic N) is 1. The van der Waals surface area contributed by atoms with E-state index >= 15 is 0 Å². The normalized spacial score (nSPS) is 11.5. The summed E-state index contributed by atoms with van der Waals surface area (Å²) in [5.41, 5.74) is 1.73.